The predicted molar refractivity (Wildman–Crippen MR) is 119 cm³/mol. The number of nitrogens with one attached hydrogen (secondary N) is 1. The Bertz CT molecular complexity index is 1000. The maximum atomic E-state index is 13.2. The number of amides is 1. The van der Waals surface area contributed by atoms with Crippen molar-refractivity contribution < 1.29 is 17.7 Å². The monoisotopic (exact) mass is 448 g/mol. The molecular formula is C22H32N4O4S. The molecule has 0 unspecified atom stereocenters. The summed E-state index contributed by atoms with van der Waals surface area (Å²) in [5.41, 5.74) is 2.94. The second-order valence-electron chi connectivity index (χ2n) is 8.32. The van der Waals surface area contributed by atoms with Gasteiger partial charge in [-0.2, -0.15) is 4.31 Å². The summed E-state index contributed by atoms with van der Waals surface area (Å²) in [5.74, 6) is 0.530. The predicted octanol–water partition coefficient (Wildman–Crippen LogP) is 3.24. The summed E-state index contributed by atoms with van der Waals surface area (Å²) < 4.78 is 33.2. The summed E-state index contributed by atoms with van der Waals surface area (Å²) in [5, 5.41) is 6.77. The second kappa shape index (κ2) is 9.93. The number of nitrogens with zero attached hydrogens (tertiary/aromatic N) is 3. The maximum absolute atomic E-state index is 13.2. The highest BCUT2D eigenvalue weighted by atomic mass is 32.2. The van der Waals surface area contributed by atoms with Crippen LogP contribution in [0.5, 0.6) is 0 Å². The van der Waals surface area contributed by atoms with Gasteiger partial charge in [0, 0.05) is 30.9 Å². The lowest BCUT2D eigenvalue weighted by molar-refractivity contribution is -0.117. The van der Waals surface area contributed by atoms with E-state index in [0.717, 1.165) is 42.7 Å². The number of anilines is 1. The van der Waals surface area contributed by atoms with Gasteiger partial charge in [-0.1, -0.05) is 24.1 Å². The number of rotatable bonds is 7. The fourth-order valence-electron chi connectivity index (χ4n) is 3.88. The maximum Gasteiger partial charge on any atom is 0.243 e. The van der Waals surface area contributed by atoms with Crippen LogP contribution in [-0.4, -0.2) is 55.4 Å². The molecule has 2 heterocycles. The number of hydrogen-bond donors (Lipinski definition) is 1. The quantitative estimate of drug-likeness (QED) is 0.699. The summed E-state index contributed by atoms with van der Waals surface area (Å²) in [6, 6.07) is 5.05. The molecule has 0 radical (unpaired) electrons. The molecule has 2 aromatic rings. The molecule has 1 aliphatic rings. The van der Waals surface area contributed by atoms with Gasteiger partial charge in [0.15, 0.2) is 0 Å². The first-order chi connectivity index (χ1) is 14.7. The average molecular weight is 449 g/mol. The van der Waals surface area contributed by atoms with Crippen molar-refractivity contribution >= 4 is 21.6 Å². The minimum Gasteiger partial charge on any atom is -0.361 e. The van der Waals surface area contributed by atoms with E-state index in [9.17, 15) is 13.2 Å². The molecule has 1 N–H and O–H groups in total. The molecule has 1 aromatic heterocycles. The molecule has 1 aliphatic heterocycles. The summed E-state index contributed by atoms with van der Waals surface area (Å²) in [6.45, 7) is 7.30. The van der Waals surface area contributed by atoms with Gasteiger partial charge in [-0.25, -0.2) is 8.42 Å². The van der Waals surface area contributed by atoms with Crippen LogP contribution >= 0.6 is 0 Å². The van der Waals surface area contributed by atoms with Crippen LogP contribution in [0.15, 0.2) is 27.6 Å². The van der Waals surface area contributed by atoms with Gasteiger partial charge in [0.05, 0.1) is 17.1 Å². The second-order valence-corrected chi connectivity index (χ2v) is 10.2. The van der Waals surface area contributed by atoms with E-state index >= 15 is 0 Å². The smallest absolute Gasteiger partial charge is 0.243 e. The molecule has 0 atom stereocenters. The Hall–Kier alpha value is -2.23. The standard InChI is InChI=1S/C22H32N4O4S/c1-16-9-10-19(13-21(16)31(28,29)26-11-7-5-6-8-12-26)23-22(27)15-25(4)14-20-17(2)24-30-18(20)3/h9-10,13H,5-8,11-12,14-15H2,1-4H3,(H,23,27). The van der Waals surface area contributed by atoms with Crippen LogP contribution in [0.25, 0.3) is 0 Å². The molecule has 0 saturated carbocycles. The third kappa shape index (κ3) is 5.72. The molecule has 31 heavy (non-hydrogen) atoms. The van der Waals surface area contributed by atoms with Crippen molar-refractivity contribution in [2.45, 2.75) is 57.9 Å². The zero-order valence-corrected chi connectivity index (χ0v) is 19.6. The van der Waals surface area contributed by atoms with Gasteiger partial charge in [-0.15, -0.1) is 0 Å². The largest absolute Gasteiger partial charge is 0.361 e. The number of carbonyl (C=O) groups is 1. The van der Waals surface area contributed by atoms with E-state index in [2.05, 4.69) is 10.5 Å². The molecule has 1 aromatic carbocycles. The molecule has 0 aliphatic carbocycles. The van der Waals surface area contributed by atoms with Crippen LogP contribution in [0.3, 0.4) is 0 Å². The third-order valence-electron chi connectivity index (χ3n) is 5.68. The molecular weight excluding hydrogens is 416 g/mol. The van der Waals surface area contributed by atoms with Crippen molar-refractivity contribution in [2.75, 3.05) is 32.0 Å². The molecule has 0 spiro atoms. The Morgan fingerprint density at radius 3 is 2.45 bits per heavy atom. The number of likely N-dealkylation sites (N-methyl/N-ethyl adjacent to an activating group) is 1. The van der Waals surface area contributed by atoms with Crippen LogP contribution in [0.2, 0.25) is 0 Å². The molecule has 9 heteroatoms. The highest BCUT2D eigenvalue weighted by Gasteiger charge is 2.27. The average Bonchev–Trinajstić information content (AvgIpc) is 2.92. The van der Waals surface area contributed by atoms with Crippen molar-refractivity contribution in [3.05, 3.63) is 40.8 Å². The third-order valence-corrected chi connectivity index (χ3v) is 7.72. The van der Waals surface area contributed by atoms with E-state index in [4.69, 9.17) is 4.52 Å². The van der Waals surface area contributed by atoms with Gasteiger partial charge in [0.25, 0.3) is 0 Å². The van der Waals surface area contributed by atoms with Crippen LogP contribution < -0.4 is 5.32 Å². The Kier molecular flexibility index (Phi) is 7.51. The molecule has 1 saturated heterocycles. The van der Waals surface area contributed by atoms with E-state index in [1.165, 1.54) is 0 Å². The fraction of sp³-hybridized carbons (Fsp3) is 0.545. The summed E-state index contributed by atoms with van der Waals surface area (Å²) >= 11 is 0. The van der Waals surface area contributed by atoms with Gasteiger partial charge in [-0.05, 0) is 58.4 Å². The Balaban J connectivity index is 1.68. The highest BCUT2D eigenvalue weighted by molar-refractivity contribution is 7.89. The molecule has 1 amide bonds. The first-order valence-electron chi connectivity index (χ1n) is 10.7. The minimum atomic E-state index is -3.59. The van der Waals surface area contributed by atoms with E-state index in [0.29, 0.717) is 30.9 Å². The lowest BCUT2D eigenvalue weighted by Crippen LogP contribution is -2.32. The van der Waals surface area contributed by atoms with Crippen LogP contribution in [0, 0.1) is 20.8 Å². The van der Waals surface area contributed by atoms with Crippen molar-refractivity contribution in [1.82, 2.24) is 14.4 Å². The van der Waals surface area contributed by atoms with Gasteiger partial charge in [-0.3, -0.25) is 9.69 Å². The van der Waals surface area contributed by atoms with E-state index in [-0.39, 0.29) is 17.3 Å². The van der Waals surface area contributed by atoms with E-state index in [1.807, 2.05) is 25.8 Å². The Labute approximate surface area is 184 Å². The van der Waals surface area contributed by atoms with Crippen molar-refractivity contribution in [3.63, 3.8) is 0 Å². The van der Waals surface area contributed by atoms with Crippen molar-refractivity contribution in [2.24, 2.45) is 0 Å². The lowest BCUT2D eigenvalue weighted by Gasteiger charge is -2.22. The molecule has 170 valence electrons. The van der Waals surface area contributed by atoms with E-state index in [1.54, 1.807) is 29.4 Å². The van der Waals surface area contributed by atoms with Crippen molar-refractivity contribution in [3.8, 4) is 0 Å². The van der Waals surface area contributed by atoms with E-state index < -0.39 is 10.0 Å². The number of carbonyl (C=O) groups excluding carboxylic acids is 1. The molecule has 1 fully saturated rings. The number of aromatic nitrogens is 1. The minimum absolute atomic E-state index is 0.159. The molecule has 8 nitrogen and oxygen atoms in total. The zero-order chi connectivity index (χ0) is 22.6. The van der Waals surface area contributed by atoms with Gasteiger partial charge in [0.2, 0.25) is 15.9 Å². The topological polar surface area (TPSA) is 95.7 Å². The molecule has 3 rings (SSSR count). The highest BCUT2D eigenvalue weighted by Crippen LogP contribution is 2.26. The summed E-state index contributed by atoms with van der Waals surface area (Å²) in [6.07, 6.45) is 3.88. The Morgan fingerprint density at radius 1 is 1.16 bits per heavy atom. The zero-order valence-electron chi connectivity index (χ0n) is 18.8. The first kappa shape index (κ1) is 23.4. The van der Waals surface area contributed by atoms with Crippen LogP contribution in [0.1, 0.15) is 48.3 Å². The number of benzene rings is 1. The van der Waals surface area contributed by atoms with Crippen LogP contribution in [0.4, 0.5) is 5.69 Å². The summed E-state index contributed by atoms with van der Waals surface area (Å²) in [4.78, 5) is 14.7. The number of sulfonamides is 1. The number of hydrogen-bond acceptors (Lipinski definition) is 6. The fourth-order valence-corrected chi connectivity index (χ4v) is 5.64. The van der Waals surface area contributed by atoms with Gasteiger partial charge < -0.3 is 9.84 Å². The first-order valence-corrected chi connectivity index (χ1v) is 12.1. The molecule has 0 bridgehead atoms. The van der Waals surface area contributed by atoms with Crippen LogP contribution in [-0.2, 0) is 21.4 Å². The van der Waals surface area contributed by atoms with Gasteiger partial charge in [0.1, 0.15) is 5.76 Å². The number of aryl methyl sites for hydroxylation is 3. The Morgan fingerprint density at radius 2 is 1.84 bits per heavy atom. The lowest BCUT2D eigenvalue weighted by atomic mass is 10.2. The normalized spacial score (nSPS) is 15.8. The van der Waals surface area contributed by atoms with Gasteiger partial charge >= 0.3 is 0 Å². The van der Waals surface area contributed by atoms with Crippen molar-refractivity contribution in [1.29, 1.82) is 0 Å². The summed E-state index contributed by atoms with van der Waals surface area (Å²) in [7, 11) is -1.74. The SMILES string of the molecule is Cc1ccc(NC(=O)CN(C)Cc2c(C)noc2C)cc1S(=O)(=O)N1CCCCCC1.